The summed E-state index contributed by atoms with van der Waals surface area (Å²) in [6.45, 7) is 2.10. The molecule has 1 amide bonds. The number of carbonyl (C=O) groups is 1. The number of amides is 1. The highest BCUT2D eigenvalue weighted by atomic mass is 32.2. The fourth-order valence-electron chi connectivity index (χ4n) is 1.77. The summed E-state index contributed by atoms with van der Waals surface area (Å²) in [4.78, 5) is 11.8. The Bertz CT molecular complexity index is 356. The van der Waals surface area contributed by atoms with Gasteiger partial charge < -0.3 is 10.4 Å². The molecule has 0 aliphatic carbocycles. The Kier molecular flexibility index (Phi) is 8.34. The van der Waals surface area contributed by atoms with Gasteiger partial charge in [0.2, 0.25) is 5.91 Å². The van der Waals surface area contributed by atoms with Crippen LogP contribution in [0.15, 0.2) is 30.3 Å². The predicted molar refractivity (Wildman–Crippen MR) is 81.3 cm³/mol. The Labute approximate surface area is 119 Å². The van der Waals surface area contributed by atoms with E-state index in [1.165, 1.54) is 12.8 Å². The third kappa shape index (κ3) is 6.64. The molecule has 0 fully saturated rings. The van der Waals surface area contributed by atoms with E-state index in [2.05, 4.69) is 12.2 Å². The lowest BCUT2D eigenvalue weighted by Crippen LogP contribution is -2.32. The second kappa shape index (κ2) is 9.87. The zero-order chi connectivity index (χ0) is 13.9. The van der Waals surface area contributed by atoms with Gasteiger partial charge in [0, 0.05) is 0 Å². The minimum atomic E-state index is -0.301. The normalized spacial score (nSPS) is 12.1. The molecule has 0 aromatic heterocycles. The van der Waals surface area contributed by atoms with E-state index < -0.39 is 0 Å². The number of benzene rings is 1. The third-order valence-corrected chi connectivity index (χ3v) is 3.89. The van der Waals surface area contributed by atoms with Crippen molar-refractivity contribution in [2.24, 2.45) is 0 Å². The summed E-state index contributed by atoms with van der Waals surface area (Å²) in [6.07, 6.45) is 3.59. The van der Waals surface area contributed by atoms with E-state index in [9.17, 15) is 9.90 Å². The van der Waals surface area contributed by atoms with Crippen molar-refractivity contribution in [1.29, 1.82) is 0 Å². The first-order chi connectivity index (χ1) is 9.27. The summed E-state index contributed by atoms with van der Waals surface area (Å²) in [6, 6.07) is 9.26. The average molecular weight is 281 g/mol. The second-order valence-corrected chi connectivity index (χ2v) is 5.58. The van der Waals surface area contributed by atoms with Crippen LogP contribution in [0.3, 0.4) is 0 Å². The van der Waals surface area contributed by atoms with Crippen LogP contribution in [0, 0.1) is 0 Å². The van der Waals surface area contributed by atoms with Gasteiger partial charge in [0.1, 0.15) is 0 Å². The molecule has 0 spiro atoms. The fourth-order valence-corrected chi connectivity index (χ4v) is 2.60. The van der Waals surface area contributed by atoms with Crippen molar-refractivity contribution in [2.75, 3.05) is 18.1 Å². The van der Waals surface area contributed by atoms with Gasteiger partial charge >= 0.3 is 0 Å². The van der Waals surface area contributed by atoms with Crippen molar-refractivity contribution in [2.45, 2.75) is 32.2 Å². The van der Waals surface area contributed by atoms with Crippen LogP contribution >= 0.6 is 11.8 Å². The topological polar surface area (TPSA) is 49.3 Å². The van der Waals surface area contributed by atoms with Crippen LogP contribution in [0.4, 0.5) is 0 Å². The van der Waals surface area contributed by atoms with Gasteiger partial charge in [-0.3, -0.25) is 4.79 Å². The maximum Gasteiger partial charge on any atom is 0.230 e. The van der Waals surface area contributed by atoms with E-state index in [0.717, 1.165) is 17.7 Å². The van der Waals surface area contributed by atoms with Crippen molar-refractivity contribution in [3.05, 3.63) is 35.9 Å². The van der Waals surface area contributed by atoms with Crippen LogP contribution in [-0.4, -0.2) is 29.1 Å². The lowest BCUT2D eigenvalue weighted by atomic mass is 10.1. The van der Waals surface area contributed by atoms with E-state index in [1.807, 2.05) is 30.3 Å². The van der Waals surface area contributed by atoms with Crippen LogP contribution in [0.25, 0.3) is 0 Å². The van der Waals surface area contributed by atoms with Gasteiger partial charge in [-0.25, -0.2) is 0 Å². The SMILES string of the molecule is CCCCCSCC(=O)NC(CO)c1ccccc1. The van der Waals surface area contributed by atoms with Gasteiger partial charge in [0.25, 0.3) is 0 Å². The van der Waals surface area contributed by atoms with Crippen LogP contribution in [0.5, 0.6) is 0 Å². The molecule has 0 aliphatic rings. The Morgan fingerprint density at radius 1 is 1.32 bits per heavy atom. The number of carbonyl (C=O) groups excluding carboxylic acids is 1. The molecule has 106 valence electrons. The Morgan fingerprint density at radius 3 is 2.68 bits per heavy atom. The number of nitrogens with one attached hydrogen (secondary N) is 1. The first-order valence-corrected chi connectivity index (χ1v) is 7.96. The van der Waals surface area contributed by atoms with Crippen molar-refractivity contribution in [3.8, 4) is 0 Å². The molecule has 0 heterocycles. The van der Waals surface area contributed by atoms with E-state index in [0.29, 0.717) is 5.75 Å². The van der Waals surface area contributed by atoms with Crippen LogP contribution in [-0.2, 0) is 4.79 Å². The molecule has 0 saturated heterocycles. The zero-order valence-corrected chi connectivity index (χ0v) is 12.3. The standard InChI is InChI=1S/C15H23NO2S/c1-2-3-7-10-19-12-15(18)16-14(11-17)13-8-5-4-6-9-13/h4-6,8-9,14,17H,2-3,7,10-12H2,1H3,(H,16,18). The minimum Gasteiger partial charge on any atom is -0.394 e. The molecule has 0 bridgehead atoms. The van der Waals surface area contributed by atoms with E-state index in [-0.39, 0.29) is 18.6 Å². The van der Waals surface area contributed by atoms with Crippen molar-refractivity contribution >= 4 is 17.7 Å². The predicted octanol–water partition coefficient (Wildman–Crippen LogP) is 2.76. The van der Waals surface area contributed by atoms with Gasteiger partial charge in [-0.1, -0.05) is 50.1 Å². The minimum absolute atomic E-state index is 0.00981. The maximum absolute atomic E-state index is 11.8. The zero-order valence-electron chi connectivity index (χ0n) is 11.5. The monoisotopic (exact) mass is 281 g/mol. The highest BCUT2D eigenvalue weighted by Gasteiger charge is 2.12. The van der Waals surface area contributed by atoms with Crippen LogP contribution in [0.1, 0.15) is 37.8 Å². The van der Waals surface area contributed by atoms with E-state index in [1.54, 1.807) is 11.8 Å². The molecule has 1 aromatic rings. The van der Waals surface area contributed by atoms with Gasteiger partial charge in [-0.05, 0) is 17.7 Å². The number of hydrogen-bond acceptors (Lipinski definition) is 3. The largest absolute Gasteiger partial charge is 0.394 e. The summed E-state index contributed by atoms with van der Waals surface area (Å²) in [5, 5.41) is 12.2. The molecule has 1 unspecified atom stereocenters. The fraction of sp³-hybridized carbons (Fsp3) is 0.533. The smallest absolute Gasteiger partial charge is 0.230 e. The molecule has 1 atom stereocenters. The van der Waals surface area contributed by atoms with Gasteiger partial charge in [-0.15, -0.1) is 0 Å². The van der Waals surface area contributed by atoms with Crippen molar-refractivity contribution in [1.82, 2.24) is 5.32 Å². The molecule has 0 aliphatic heterocycles. The second-order valence-electron chi connectivity index (χ2n) is 4.47. The van der Waals surface area contributed by atoms with Crippen LogP contribution in [0.2, 0.25) is 0 Å². The van der Waals surface area contributed by atoms with E-state index >= 15 is 0 Å². The maximum atomic E-state index is 11.8. The number of rotatable bonds is 9. The molecule has 0 saturated carbocycles. The quantitative estimate of drug-likeness (QED) is 0.684. The molecule has 19 heavy (non-hydrogen) atoms. The molecule has 1 rings (SSSR count). The number of hydrogen-bond donors (Lipinski definition) is 2. The Morgan fingerprint density at radius 2 is 2.05 bits per heavy atom. The summed E-state index contributed by atoms with van der Waals surface area (Å²) in [5.74, 6) is 1.48. The van der Waals surface area contributed by atoms with Crippen molar-refractivity contribution in [3.63, 3.8) is 0 Å². The highest BCUT2D eigenvalue weighted by molar-refractivity contribution is 7.99. The average Bonchev–Trinajstić information content (AvgIpc) is 2.45. The third-order valence-electron chi connectivity index (χ3n) is 2.85. The van der Waals surface area contributed by atoms with Gasteiger partial charge in [-0.2, -0.15) is 11.8 Å². The lowest BCUT2D eigenvalue weighted by Gasteiger charge is -2.16. The van der Waals surface area contributed by atoms with Crippen LogP contribution < -0.4 is 5.32 Å². The van der Waals surface area contributed by atoms with Gasteiger partial charge in [0.05, 0.1) is 18.4 Å². The molecule has 3 nitrogen and oxygen atoms in total. The number of aliphatic hydroxyl groups excluding tert-OH is 1. The molecular formula is C15H23NO2S. The first-order valence-electron chi connectivity index (χ1n) is 6.80. The lowest BCUT2D eigenvalue weighted by molar-refractivity contribution is -0.119. The van der Waals surface area contributed by atoms with Gasteiger partial charge in [0.15, 0.2) is 0 Å². The number of aliphatic hydroxyl groups is 1. The molecule has 1 aromatic carbocycles. The Hall–Kier alpha value is -1.00. The molecule has 4 heteroatoms. The first kappa shape index (κ1) is 16.1. The van der Waals surface area contributed by atoms with E-state index in [4.69, 9.17) is 0 Å². The molecule has 2 N–H and O–H groups in total. The molecular weight excluding hydrogens is 258 g/mol. The highest BCUT2D eigenvalue weighted by Crippen LogP contribution is 2.12. The summed E-state index contributed by atoms with van der Waals surface area (Å²) in [7, 11) is 0. The summed E-state index contributed by atoms with van der Waals surface area (Å²) in [5.41, 5.74) is 0.939. The Balaban J connectivity index is 2.30. The number of thioether (sulfide) groups is 1. The summed E-state index contributed by atoms with van der Waals surface area (Å²) < 4.78 is 0. The number of unbranched alkanes of at least 4 members (excludes halogenated alkanes) is 2. The summed E-state index contributed by atoms with van der Waals surface area (Å²) >= 11 is 1.66. The van der Waals surface area contributed by atoms with Crippen molar-refractivity contribution < 1.29 is 9.90 Å². The molecule has 0 radical (unpaired) electrons.